The summed E-state index contributed by atoms with van der Waals surface area (Å²) in [5.74, 6) is -0.145. The van der Waals surface area contributed by atoms with Gasteiger partial charge in [-0.25, -0.2) is 19.6 Å². The monoisotopic (exact) mass is 484 g/mol. The maximum absolute atomic E-state index is 13.2. The summed E-state index contributed by atoms with van der Waals surface area (Å²) in [5.41, 5.74) is 6.72. The molecule has 1 unspecified atom stereocenters. The number of alkyl halides is 3. The van der Waals surface area contributed by atoms with Crippen LogP contribution in [0.25, 0.3) is 11.0 Å². The normalized spacial score (nSPS) is 18.6. The molecule has 0 spiro atoms. The van der Waals surface area contributed by atoms with Crippen LogP contribution in [-0.4, -0.2) is 30.8 Å². The number of nitrogens with zero attached hydrogens (tertiary/aromatic N) is 5. The molecule has 11 heteroatoms. The highest BCUT2D eigenvalue weighted by atomic mass is 19.4. The second-order valence-corrected chi connectivity index (χ2v) is 8.38. The van der Waals surface area contributed by atoms with E-state index in [2.05, 4.69) is 20.1 Å². The van der Waals surface area contributed by atoms with Crippen molar-refractivity contribution < 1.29 is 22.6 Å². The van der Waals surface area contributed by atoms with Gasteiger partial charge in [-0.3, -0.25) is 0 Å². The van der Waals surface area contributed by atoms with E-state index in [9.17, 15) is 13.2 Å². The number of nitrogens with two attached hydrogens (primary N) is 1. The predicted octanol–water partition coefficient (Wildman–Crippen LogP) is 5.32. The summed E-state index contributed by atoms with van der Waals surface area (Å²) in [6.07, 6.45) is 1.31. The SMILES string of the molecule is Nc1ncnc2c1c(Oc1cc(C(F)(F)F)ccn1)nn2C1CCCC[C@H]1OCc1ccccc1. The minimum atomic E-state index is -4.53. The average molecular weight is 484 g/mol. The summed E-state index contributed by atoms with van der Waals surface area (Å²) < 4.78 is 53.1. The lowest BCUT2D eigenvalue weighted by Crippen LogP contribution is -2.31. The first-order valence-corrected chi connectivity index (χ1v) is 11.3. The third kappa shape index (κ3) is 4.90. The number of benzene rings is 1. The first-order chi connectivity index (χ1) is 16.9. The molecule has 4 aromatic rings. The average Bonchev–Trinajstić information content (AvgIpc) is 3.22. The van der Waals surface area contributed by atoms with Gasteiger partial charge in [-0.1, -0.05) is 43.2 Å². The van der Waals surface area contributed by atoms with Gasteiger partial charge in [0, 0.05) is 12.3 Å². The Kier molecular flexibility index (Phi) is 6.25. The van der Waals surface area contributed by atoms with Crippen LogP contribution < -0.4 is 10.5 Å². The Morgan fingerprint density at radius 2 is 1.83 bits per heavy atom. The van der Waals surface area contributed by atoms with E-state index in [1.807, 2.05) is 30.3 Å². The van der Waals surface area contributed by atoms with E-state index in [4.69, 9.17) is 15.2 Å². The van der Waals surface area contributed by atoms with Crippen molar-refractivity contribution >= 4 is 16.9 Å². The zero-order valence-electron chi connectivity index (χ0n) is 18.7. The van der Waals surface area contributed by atoms with Crippen LogP contribution in [0.5, 0.6) is 11.8 Å². The third-order valence-electron chi connectivity index (χ3n) is 6.04. The number of aromatic nitrogens is 5. The van der Waals surface area contributed by atoms with Crippen molar-refractivity contribution in [2.75, 3.05) is 5.73 Å². The van der Waals surface area contributed by atoms with Crippen LogP contribution >= 0.6 is 0 Å². The number of halogens is 3. The van der Waals surface area contributed by atoms with E-state index in [0.29, 0.717) is 17.6 Å². The molecule has 1 fully saturated rings. The zero-order valence-corrected chi connectivity index (χ0v) is 18.7. The van der Waals surface area contributed by atoms with Gasteiger partial charge in [0.25, 0.3) is 5.88 Å². The van der Waals surface area contributed by atoms with Crippen LogP contribution in [-0.2, 0) is 17.5 Å². The van der Waals surface area contributed by atoms with Crippen LogP contribution in [0.15, 0.2) is 55.0 Å². The Morgan fingerprint density at radius 3 is 2.63 bits per heavy atom. The molecule has 8 nitrogen and oxygen atoms in total. The Morgan fingerprint density at radius 1 is 1.03 bits per heavy atom. The molecule has 3 aromatic heterocycles. The molecular weight excluding hydrogens is 461 g/mol. The topological polar surface area (TPSA) is 101 Å². The van der Waals surface area contributed by atoms with E-state index >= 15 is 0 Å². The second kappa shape index (κ2) is 9.49. The number of ether oxygens (including phenoxy) is 2. The van der Waals surface area contributed by atoms with Crippen molar-refractivity contribution in [3.8, 4) is 11.8 Å². The zero-order chi connectivity index (χ0) is 24.4. The van der Waals surface area contributed by atoms with Gasteiger partial charge in [0.2, 0.25) is 5.88 Å². The molecule has 0 amide bonds. The lowest BCUT2D eigenvalue weighted by molar-refractivity contribution is -0.137. The summed E-state index contributed by atoms with van der Waals surface area (Å²) in [4.78, 5) is 12.3. The van der Waals surface area contributed by atoms with E-state index < -0.39 is 11.7 Å². The molecule has 0 aliphatic heterocycles. The van der Waals surface area contributed by atoms with E-state index in [1.54, 1.807) is 4.68 Å². The Hall–Kier alpha value is -3.73. The molecule has 1 aliphatic rings. The molecule has 0 saturated heterocycles. The van der Waals surface area contributed by atoms with Gasteiger partial charge in [0.15, 0.2) is 5.65 Å². The highest BCUT2D eigenvalue weighted by Crippen LogP contribution is 2.38. The van der Waals surface area contributed by atoms with Gasteiger partial charge in [-0.05, 0) is 24.5 Å². The van der Waals surface area contributed by atoms with Crippen molar-refractivity contribution in [2.45, 2.75) is 50.6 Å². The van der Waals surface area contributed by atoms with Gasteiger partial charge in [-0.15, -0.1) is 5.10 Å². The maximum atomic E-state index is 13.2. The Labute approximate surface area is 198 Å². The van der Waals surface area contributed by atoms with E-state index in [1.165, 1.54) is 6.33 Å². The quantitative estimate of drug-likeness (QED) is 0.396. The molecule has 1 saturated carbocycles. The predicted molar refractivity (Wildman–Crippen MR) is 122 cm³/mol. The van der Waals surface area contributed by atoms with Crippen molar-refractivity contribution in [3.63, 3.8) is 0 Å². The first-order valence-electron chi connectivity index (χ1n) is 11.3. The molecule has 1 aromatic carbocycles. The molecule has 1 aliphatic carbocycles. The fourth-order valence-electron chi connectivity index (χ4n) is 4.34. The van der Waals surface area contributed by atoms with Crippen molar-refractivity contribution in [2.24, 2.45) is 0 Å². The molecule has 0 radical (unpaired) electrons. The smallest absolute Gasteiger partial charge is 0.416 e. The molecule has 5 rings (SSSR count). The van der Waals surface area contributed by atoms with E-state index in [-0.39, 0.29) is 29.7 Å². The summed E-state index contributed by atoms with van der Waals surface area (Å²) >= 11 is 0. The summed E-state index contributed by atoms with van der Waals surface area (Å²) in [7, 11) is 0. The second-order valence-electron chi connectivity index (χ2n) is 8.38. The first kappa shape index (κ1) is 23.0. The van der Waals surface area contributed by atoms with Crippen LogP contribution in [0, 0.1) is 0 Å². The number of pyridine rings is 1. The van der Waals surface area contributed by atoms with Crippen LogP contribution in [0.3, 0.4) is 0 Å². The van der Waals surface area contributed by atoms with Crippen molar-refractivity contribution in [1.29, 1.82) is 0 Å². The van der Waals surface area contributed by atoms with Gasteiger partial charge >= 0.3 is 6.18 Å². The molecule has 0 bridgehead atoms. The van der Waals surface area contributed by atoms with Gasteiger partial charge in [0.1, 0.15) is 17.5 Å². The van der Waals surface area contributed by atoms with Crippen LogP contribution in [0.1, 0.15) is 42.9 Å². The minimum Gasteiger partial charge on any atom is -0.418 e. The fourth-order valence-corrected chi connectivity index (χ4v) is 4.34. The van der Waals surface area contributed by atoms with Gasteiger partial charge in [0.05, 0.1) is 24.3 Å². The molecule has 35 heavy (non-hydrogen) atoms. The lowest BCUT2D eigenvalue weighted by Gasteiger charge is -2.31. The standard InChI is InChI=1S/C24H23F3N6O2/c25-24(26,27)16-10-11-29-19(12-16)35-23-20-21(28)30-14-31-22(20)33(32-23)17-8-4-5-9-18(17)34-13-15-6-2-1-3-7-15/h1-3,6-7,10-12,14,17-18H,4-5,8-9,13H2,(H2,28,30,31)/t17?,18-/m1/s1. The number of nitrogen functional groups attached to an aromatic ring is 1. The van der Waals surface area contributed by atoms with Crippen LogP contribution in [0.2, 0.25) is 0 Å². The molecule has 182 valence electrons. The van der Waals surface area contributed by atoms with Crippen molar-refractivity contribution in [3.05, 3.63) is 66.1 Å². The number of fused-ring (bicyclic) bond motifs is 1. The summed E-state index contributed by atoms with van der Waals surface area (Å²) in [6.45, 7) is 0.454. The Balaban J connectivity index is 1.48. The highest BCUT2D eigenvalue weighted by Gasteiger charge is 2.33. The number of anilines is 1. The largest absolute Gasteiger partial charge is 0.418 e. The van der Waals surface area contributed by atoms with E-state index in [0.717, 1.165) is 49.6 Å². The van der Waals surface area contributed by atoms with Crippen molar-refractivity contribution in [1.82, 2.24) is 24.7 Å². The highest BCUT2D eigenvalue weighted by molar-refractivity contribution is 5.90. The third-order valence-corrected chi connectivity index (χ3v) is 6.04. The molecule has 2 atom stereocenters. The molecule has 3 heterocycles. The van der Waals surface area contributed by atoms with Gasteiger partial charge in [-0.2, -0.15) is 13.2 Å². The lowest BCUT2D eigenvalue weighted by atomic mass is 9.92. The summed E-state index contributed by atoms with van der Waals surface area (Å²) in [6, 6.07) is 11.4. The fraction of sp³-hybridized carbons (Fsp3) is 0.333. The van der Waals surface area contributed by atoms with Gasteiger partial charge < -0.3 is 15.2 Å². The number of hydrogen-bond donors (Lipinski definition) is 1. The maximum Gasteiger partial charge on any atom is 0.416 e. The molecule has 2 N–H and O–H groups in total. The Bertz CT molecular complexity index is 1310. The number of rotatable bonds is 6. The molecular formula is C24H23F3N6O2. The summed E-state index contributed by atoms with van der Waals surface area (Å²) in [5, 5.41) is 4.90. The van der Waals surface area contributed by atoms with Crippen LogP contribution in [0.4, 0.5) is 19.0 Å². The minimum absolute atomic E-state index is 0.00249. The number of hydrogen-bond acceptors (Lipinski definition) is 7.